The normalized spacial score (nSPS) is 9.64. The van der Waals surface area contributed by atoms with E-state index in [0.29, 0.717) is 23.4 Å². The molecular formula is C9H12ClN3O. The van der Waals surface area contributed by atoms with Crippen LogP contribution < -0.4 is 10.1 Å². The van der Waals surface area contributed by atoms with Gasteiger partial charge in [-0.2, -0.15) is 4.98 Å². The summed E-state index contributed by atoms with van der Waals surface area (Å²) in [6.45, 7) is 5.90. The minimum atomic E-state index is 0.340. The summed E-state index contributed by atoms with van der Waals surface area (Å²) in [4.78, 5) is 8.13. The SMILES string of the molecule is C=C(Cl)CNc1cc(C)nc(OC)n1. The van der Waals surface area contributed by atoms with Crippen molar-refractivity contribution in [2.24, 2.45) is 0 Å². The minimum absolute atomic E-state index is 0.340. The summed E-state index contributed by atoms with van der Waals surface area (Å²) in [6.07, 6.45) is 0. The summed E-state index contributed by atoms with van der Waals surface area (Å²) in [5.74, 6) is 0.677. The molecule has 0 spiro atoms. The zero-order valence-corrected chi connectivity index (χ0v) is 8.93. The van der Waals surface area contributed by atoms with Gasteiger partial charge in [-0.05, 0) is 6.92 Å². The van der Waals surface area contributed by atoms with Crippen LogP contribution in [0.3, 0.4) is 0 Å². The van der Waals surface area contributed by atoms with E-state index in [2.05, 4.69) is 21.9 Å². The zero-order valence-electron chi connectivity index (χ0n) is 8.17. The Kier molecular flexibility index (Phi) is 3.71. The lowest BCUT2D eigenvalue weighted by molar-refractivity contribution is 0.379. The summed E-state index contributed by atoms with van der Waals surface area (Å²) >= 11 is 5.61. The molecule has 0 aliphatic carbocycles. The molecule has 0 atom stereocenters. The van der Waals surface area contributed by atoms with Crippen LogP contribution >= 0.6 is 11.6 Å². The molecule has 0 aliphatic rings. The maximum Gasteiger partial charge on any atom is 0.318 e. The number of hydrogen-bond acceptors (Lipinski definition) is 4. The van der Waals surface area contributed by atoms with Crippen molar-refractivity contribution < 1.29 is 4.74 Å². The molecule has 1 heterocycles. The van der Waals surface area contributed by atoms with Crippen molar-refractivity contribution >= 4 is 17.4 Å². The Morgan fingerprint density at radius 2 is 2.36 bits per heavy atom. The molecule has 76 valence electrons. The molecule has 0 aromatic carbocycles. The van der Waals surface area contributed by atoms with Gasteiger partial charge in [0.05, 0.1) is 13.7 Å². The Hall–Kier alpha value is -1.29. The second-order valence-corrected chi connectivity index (χ2v) is 3.29. The van der Waals surface area contributed by atoms with Gasteiger partial charge in [0.25, 0.3) is 0 Å². The van der Waals surface area contributed by atoms with Crippen molar-refractivity contribution in [1.82, 2.24) is 9.97 Å². The number of halogens is 1. The van der Waals surface area contributed by atoms with Crippen molar-refractivity contribution in [2.75, 3.05) is 19.0 Å². The monoisotopic (exact) mass is 213 g/mol. The van der Waals surface area contributed by atoms with Crippen LogP contribution in [0.25, 0.3) is 0 Å². The number of methoxy groups -OCH3 is 1. The minimum Gasteiger partial charge on any atom is -0.467 e. The molecular weight excluding hydrogens is 202 g/mol. The molecule has 1 N–H and O–H groups in total. The lowest BCUT2D eigenvalue weighted by Crippen LogP contribution is -2.05. The average molecular weight is 214 g/mol. The molecule has 0 bridgehead atoms. The fourth-order valence-corrected chi connectivity index (χ4v) is 0.976. The summed E-state index contributed by atoms with van der Waals surface area (Å²) in [6, 6.07) is 2.15. The first-order valence-corrected chi connectivity index (χ1v) is 4.46. The van der Waals surface area contributed by atoms with Crippen LogP contribution in [0.4, 0.5) is 5.82 Å². The Morgan fingerprint density at radius 1 is 1.64 bits per heavy atom. The first-order chi connectivity index (χ1) is 6.61. The van der Waals surface area contributed by atoms with E-state index in [4.69, 9.17) is 16.3 Å². The van der Waals surface area contributed by atoms with Gasteiger partial charge in [-0.3, -0.25) is 0 Å². The van der Waals surface area contributed by atoms with Crippen LogP contribution in [-0.2, 0) is 0 Å². The van der Waals surface area contributed by atoms with E-state index in [1.54, 1.807) is 0 Å². The fourth-order valence-electron chi connectivity index (χ4n) is 0.910. The van der Waals surface area contributed by atoms with Crippen molar-refractivity contribution in [1.29, 1.82) is 0 Å². The lowest BCUT2D eigenvalue weighted by atomic mass is 10.4. The van der Waals surface area contributed by atoms with Gasteiger partial charge < -0.3 is 10.1 Å². The van der Waals surface area contributed by atoms with Crippen LogP contribution in [0, 0.1) is 6.92 Å². The van der Waals surface area contributed by atoms with E-state index in [0.717, 1.165) is 5.69 Å². The van der Waals surface area contributed by atoms with Crippen LogP contribution in [0.1, 0.15) is 5.69 Å². The highest BCUT2D eigenvalue weighted by Crippen LogP contribution is 2.11. The van der Waals surface area contributed by atoms with Gasteiger partial charge in [0.1, 0.15) is 5.82 Å². The number of ether oxygens (including phenoxy) is 1. The fraction of sp³-hybridized carbons (Fsp3) is 0.333. The van der Waals surface area contributed by atoms with Crippen molar-refractivity contribution in [2.45, 2.75) is 6.92 Å². The van der Waals surface area contributed by atoms with Gasteiger partial charge in [0, 0.05) is 16.8 Å². The molecule has 1 rings (SSSR count). The highest BCUT2D eigenvalue weighted by Gasteiger charge is 2.01. The van der Waals surface area contributed by atoms with Gasteiger partial charge >= 0.3 is 6.01 Å². The number of aryl methyl sites for hydroxylation is 1. The third kappa shape index (κ3) is 3.22. The number of hydrogen-bond donors (Lipinski definition) is 1. The quantitative estimate of drug-likeness (QED) is 0.831. The highest BCUT2D eigenvalue weighted by atomic mass is 35.5. The third-order valence-corrected chi connectivity index (χ3v) is 1.61. The Bertz CT molecular complexity index is 341. The van der Waals surface area contributed by atoms with E-state index in [-0.39, 0.29) is 0 Å². The van der Waals surface area contributed by atoms with E-state index in [9.17, 15) is 0 Å². The van der Waals surface area contributed by atoms with Crippen LogP contribution in [0.15, 0.2) is 17.7 Å². The van der Waals surface area contributed by atoms with Gasteiger partial charge in [-0.1, -0.05) is 18.2 Å². The van der Waals surface area contributed by atoms with Gasteiger partial charge in [-0.15, -0.1) is 0 Å². The molecule has 0 saturated carbocycles. The number of anilines is 1. The molecule has 5 heteroatoms. The Morgan fingerprint density at radius 3 is 2.93 bits per heavy atom. The average Bonchev–Trinajstić information content (AvgIpc) is 2.14. The molecule has 0 fully saturated rings. The van der Waals surface area contributed by atoms with Crippen LogP contribution in [-0.4, -0.2) is 23.6 Å². The zero-order chi connectivity index (χ0) is 10.6. The lowest BCUT2D eigenvalue weighted by Gasteiger charge is -2.06. The summed E-state index contributed by atoms with van der Waals surface area (Å²) in [5.41, 5.74) is 0.833. The molecule has 1 aromatic rings. The molecule has 0 radical (unpaired) electrons. The molecule has 4 nitrogen and oxygen atoms in total. The molecule has 14 heavy (non-hydrogen) atoms. The smallest absolute Gasteiger partial charge is 0.318 e. The van der Waals surface area contributed by atoms with Crippen LogP contribution in [0.5, 0.6) is 6.01 Å². The largest absolute Gasteiger partial charge is 0.467 e. The molecule has 0 amide bonds. The molecule has 0 saturated heterocycles. The summed E-state index contributed by atoms with van der Waals surface area (Å²) in [5, 5.41) is 3.53. The maximum atomic E-state index is 5.61. The Labute approximate surface area is 88.0 Å². The van der Waals surface area contributed by atoms with Crippen molar-refractivity contribution in [3.05, 3.63) is 23.4 Å². The third-order valence-electron chi connectivity index (χ3n) is 1.48. The van der Waals surface area contributed by atoms with E-state index in [1.807, 2.05) is 13.0 Å². The second kappa shape index (κ2) is 4.81. The predicted octanol–water partition coefficient (Wildman–Crippen LogP) is 1.96. The number of nitrogens with one attached hydrogen (secondary N) is 1. The summed E-state index contributed by atoms with van der Waals surface area (Å²) < 4.78 is 4.92. The van der Waals surface area contributed by atoms with Gasteiger partial charge in [0.15, 0.2) is 0 Å². The van der Waals surface area contributed by atoms with E-state index in [1.165, 1.54) is 7.11 Å². The number of nitrogens with zero attached hydrogens (tertiary/aromatic N) is 2. The predicted molar refractivity (Wildman–Crippen MR) is 56.8 cm³/mol. The van der Waals surface area contributed by atoms with Crippen molar-refractivity contribution in [3.63, 3.8) is 0 Å². The number of rotatable bonds is 4. The molecule has 0 aliphatic heterocycles. The van der Waals surface area contributed by atoms with Gasteiger partial charge in [0.2, 0.25) is 0 Å². The standard InChI is InChI=1S/C9H12ClN3O/c1-6(10)5-11-8-4-7(2)12-9(13-8)14-3/h4H,1,5H2,2-3H3,(H,11,12,13). The van der Waals surface area contributed by atoms with Crippen LogP contribution in [0.2, 0.25) is 0 Å². The van der Waals surface area contributed by atoms with Crippen molar-refractivity contribution in [3.8, 4) is 6.01 Å². The molecule has 1 aromatic heterocycles. The highest BCUT2D eigenvalue weighted by molar-refractivity contribution is 6.29. The second-order valence-electron chi connectivity index (χ2n) is 2.75. The maximum absolute atomic E-state index is 5.61. The molecule has 0 unspecified atom stereocenters. The van der Waals surface area contributed by atoms with Gasteiger partial charge in [-0.25, -0.2) is 4.98 Å². The first-order valence-electron chi connectivity index (χ1n) is 4.08. The number of aromatic nitrogens is 2. The van der Waals surface area contributed by atoms with E-state index < -0.39 is 0 Å². The Balaban J connectivity index is 2.76. The topological polar surface area (TPSA) is 47.0 Å². The van der Waals surface area contributed by atoms with E-state index >= 15 is 0 Å². The first kappa shape index (κ1) is 10.8. The summed E-state index contributed by atoms with van der Waals surface area (Å²) in [7, 11) is 1.53.